The summed E-state index contributed by atoms with van der Waals surface area (Å²) in [6.07, 6.45) is 4.47. The molecule has 26 heavy (non-hydrogen) atoms. The number of ether oxygens (including phenoxy) is 1. The van der Waals surface area contributed by atoms with Gasteiger partial charge in [-0.1, -0.05) is 0 Å². The highest BCUT2D eigenvalue weighted by Crippen LogP contribution is 2.29. The zero-order valence-electron chi connectivity index (χ0n) is 14.7. The van der Waals surface area contributed by atoms with Crippen molar-refractivity contribution >= 4 is 10.0 Å². The molecule has 142 valence electrons. The number of aryl methyl sites for hydroxylation is 2. The quantitative estimate of drug-likeness (QED) is 0.716. The summed E-state index contributed by atoms with van der Waals surface area (Å²) < 4.78 is 37.3. The van der Waals surface area contributed by atoms with E-state index in [4.69, 9.17) is 4.74 Å². The first kappa shape index (κ1) is 18.5. The molecule has 11 heteroatoms. The Kier molecular flexibility index (Phi) is 4.86. The van der Waals surface area contributed by atoms with Crippen molar-refractivity contribution in [2.45, 2.75) is 36.9 Å². The molecule has 2 aromatic rings. The SMILES string of the molecule is CCn1cc([C@H]2OCC[C@@H]2NS(=O)(=O)c2cn(C)c(=O)n(C)c2=O)cn1. The van der Waals surface area contributed by atoms with Crippen LogP contribution in [0, 0.1) is 0 Å². The van der Waals surface area contributed by atoms with Crippen LogP contribution in [0.5, 0.6) is 0 Å². The van der Waals surface area contributed by atoms with Gasteiger partial charge in [-0.3, -0.25) is 14.0 Å². The summed E-state index contributed by atoms with van der Waals surface area (Å²) in [4.78, 5) is 23.5. The van der Waals surface area contributed by atoms with E-state index in [1.807, 2.05) is 13.1 Å². The fraction of sp³-hybridized carbons (Fsp3) is 0.533. The second-order valence-corrected chi connectivity index (χ2v) is 7.87. The summed E-state index contributed by atoms with van der Waals surface area (Å²) >= 11 is 0. The smallest absolute Gasteiger partial charge is 0.330 e. The molecule has 0 unspecified atom stereocenters. The minimum Gasteiger partial charge on any atom is -0.372 e. The minimum absolute atomic E-state index is 0.389. The molecule has 1 aliphatic heterocycles. The molecule has 3 rings (SSSR count). The van der Waals surface area contributed by atoms with Crippen LogP contribution >= 0.6 is 0 Å². The van der Waals surface area contributed by atoms with Crippen molar-refractivity contribution in [2.75, 3.05) is 6.61 Å². The second-order valence-electron chi connectivity index (χ2n) is 6.19. The van der Waals surface area contributed by atoms with Crippen molar-refractivity contribution < 1.29 is 13.2 Å². The van der Waals surface area contributed by atoms with E-state index in [0.29, 0.717) is 19.6 Å². The molecule has 0 bridgehead atoms. The van der Waals surface area contributed by atoms with Crippen molar-refractivity contribution in [1.82, 2.24) is 23.6 Å². The van der Waals surface area contributed by atoms with Gasteiger partial charge in [0, 0.05) is 45.2 Å². The van der Waals surface area contributed by atoms with Crippen LogP contribution in [0.1, 0.15) is 25.0 Å². The average Bonchev–Trinajstić information content (AvgIpc) is 3.24. The molecular formula is C15H21N5O5S. The Morgan fingerprint density at radius 1 is 1.31 bits per heavy atom. The molecule has 2 aromatic heterocycles. The van der Waals surface area contributed by atoms with Gasteiger partial charge in [0.25, 0.3) is 5.56 Å². The lowest BCUT2D eigenvalue weighted by Crippen LogP contribution is -2.44. The number of nitrogens with one attached hydrogen (secondary N) is 1. The molecule has 0 radical (unpaired) electrons. The van der Waals surface area contributed by atoms with Crippen molar-refractivity contribution in [3.8, 4) is 0 Å². The average molecular weight is 383 g/mol. The minimum atomic E-state index is -4.13. The molecule has 1 N–H and O–H groups in total. The van der Waals surface area contributed by atoms with Gasteiger partial charge < -0.3 is 9.30 Å². The monoisotopic (exact) mass is 383 g/mol. The van der Waals surface area contributed by atoms with Crippen molar-refractivity contribution in [3.05, 3.63) is 45.0 Å². The zero-order chi connectivity index (χ0) is 19.1. The Morgan fingerprint density at radius 2 is 2.04 bits per heavy atom. The summed E-state index contributed by atoms with van der Waals surface area (Å²) in [5.41, 5.74) is -0.691. The van der Waals surface area contributed by atoms with E-state index < -0.39 is 38.3 Å². The maximum Gasteiger partial charge on any atom is 0.330 e. The van der Waals surface area contributed by atoms with E-state index in [2.05, 4.69) is 9.82 Å². The Bertz CT molecular complexity index is 1040. The molecule has 1 aliphatic rings. The van der Waals surface area contributed by atoms with Gasteiger partial charge in [-0.05, 0) is 13.3 Å². The van der Waals surface area contributed by atoms with E-state index in [-0.39, 0.29) is 0 Å². The summed E-state index contributed by atoms with van der Waals surface area (Å²) in [7, 11) is -1.50. The van der Waals surface area contributed by atoms with Crippen LogP contribution < -0.4 is 16.0 Å². The van der Waals surface area contributed by atoms with Gasteiger partial charge in [0.15, 0.2) is 4.90 Å². The van der Waals surface area contributed by atoms with Crippen molar-refractivity contribution in [2.24, 2.45) is 14.1 Å². The number of rotatable bonds is 5. The predicted octanol–water partition coefficient (Wildman–Crippen LogP) is -0.891. The second kappa shape index (κ2) is 6.82. The highest BCUT2D eigenvalue weighted by molar-refractivity contribution is 7.89. The van der Waals surface area contributed by atoms with Crippen LogP contribution in [0.15, 0.2) is 33.1 Å². The predicted molar refractivity (Wildman–Crippen MR) is 92.2 cm³/mol. The highest BCUT2D eigenvalue weighted by atomic mass is 32.2. The standard InChI is InChI=1S/C15H21N5O5S/c1-4-20-8-10(7-16-20)13-11(5-6-25-13)17-26(23,24)12-9-18(2)15(22)19(3)14(12)21/h7-9,11,13,17H,4-6H2,1-3H3/t11-,13+/m0/s1. The van der Waals surface area contributed by atoms with E-state index in [1.165, 1.54) is 14.1 Å². The third-order valence-electron chi connectivity index (χ3n) is 4.41. The Hall–Kier alpha value is -2.24. The van der Waals surface area contributed by atoms with Gasteiger partial charge >= 0.3 is 5.69 Å². The Morgan fingerprint density at radius 3 is 2.69 bits per heavy atom. The van der Waals surface area contributed by atoms with E-state index >= 15 is 0 Å². The molecular weight excluding hydrogens is 362 g/mol. The lowest BCUT2D eigenvalue weighted by molar-refractivity contribution is 0.102. The van der Waals surface area contributed by atoms with Crippen LogP contribution in [0.2, 0.25) is 0 Å². The maximum atomic E-state index is 12.7. The van der Waals surface area contributed by atoms with Crippen molar-refractivity contribution in [1.29, 1.82) is 0 Å². The topological polar surface area (TPSA) is 117 Å². The number of sulfonamides is 1. The summed E-state index contributed by atoms with van der Waals surface area (Å²) in [6, 6.07) is -0.531. The molecule has 0 spiro atoms. The van der Waals surface area contributed by atoms with Gasteiger partial charge in [-0.15, -0.1) is 0 Å². The maximum absolute atomic E-state index is 12.7. The van der Waals surface area contributed by atoms with Crippen LogP contribution in [-0.4, -0.2) is 40.0 Å². The molecule has 2 atom stereocenters. The fourth-order valence-electron chi connectivity index (χ4n) is 2.96. The third kappa shape index (κ3) is 3.24. The first-order valence-corrected chi connectivity index (χ1v) is 9.66. The van der Waals surface area contributed by atoms with Gasteiger partial charge in [0.05, 0.1) is 12.2 Å². The van der Waals surface area contributed by atoms with Crippen LogP contribution in [0.4, 0.5) is 0 Å². The van der Waals surface area contributed by atoms with Gasteiger partial charge in [-0.25, -0.2) is 17.9 Å². The first-order chi connectivity index (χ1) is 12.2. The van der Waals surface area contributed by atoms with E-state index in [9.17, 15) is 18.0 Å². The normalized spacial score (nSPS) is 20.6. The lowest BCUT2D eigenvalue weighted by atomic mass is 10.1. The van der Waals surface area contributed by atoms with E-state index in [1.54, 1.807) is 10.9 Å². The zero-order valence-corrected chi connectivity index (χ0v) is 15.6. The molecule has 0 amide bonds. The van der Waals surface area contributed by atoms with E-state index in [0.717, 1.165) is 20.9 Å². The van der Waals surface area contributed by atoms with Crippen LogP contribution in [-0.2, 0) is 35.4 Å². The highest BCUT2D eigenvalue weighted by Gasteiger charge is 2.35. The summed E-state index contributed by atoms with van der Waals surface area (Å²) in [5.74, 6) is 0. The number of nitrogens with zero attached hydrogens (tertiary/aromatic N) is 4. The third-order valence-corrected chi connectivity index (χ3v) is 5.88. The molecule has 10 nitrogen and oxygen atoms in total. The molecule has 1 fully saturated rings. The van der Waals surface area contributed by atoms with Gasteiger partial charge in [-0.2, -0.15) is 5.10 Å². The number of hydrogen-bond acceptors (Lipinski definition) is 6. The fourth-order valence-corrected chi connectivity index (χ4v) is 4.39. The Labute approximate surface area is 150 Å². The summed E-state index contributed by atoms with van der Waals surface area (Å²) in [5, 5.41) is 4.18. The number of aromatic nitrogens is 4. The molecule has 0 aromatic carbocycles. The molecule has 1 saturated heterocycles. The largest absolute Gasteiger partial charge is 0.372 e. The van der Waals surface area contributed by atoms with Crippen LogP contribution in [0.3, 0.4) is 0 Å². The molecule has 0 aliphatic carbocycles. The first-order valence-electron chi connectivity index (χ1n) is 8.17. The number of hydrogen-bond donors (Lipinski definition) is 1. The Balaban J connectivity index is 1.92. The summed E-state index contributed by atoms with van der Waals surface area (Å²) in [6.45, 7) is 3.03. The van der Waals surface area contributed by atoms with Gasteiger partial charge in [0.1, 0.15) is 6.10 Å². The lowest BCUT2D eigenvalue weighted by Gasteiger charge is -2.19. The molecule has 3 heterocycles. The van der Waals surface area contributed by atoms with Crippen molar-refractivity contribution in [3.63, 3.8) is 0 Å². The van der Waals surface area contributed by atoms with Crippen LogP contribution in [0.25, 0.3) is 0 Å². The van der Waals surface area contributed by atoms with Gasteiger partial charge in [0.2, 0.25) is 10.0 Å². The molecule has 0 saturated carbocycles.